The van der Waals surface area contributed by atoms with Gasteiger partial charge < -0.3 is 11.1 Å². The summed E-state index contributed by atoms with van der Waals surface area (Å²) in [4.78, 5) is 13.6. The third-order valence-electron chi connectivity index (χ3n) is 3.42. The Morgan fingerprint density at radius 2 is 1.71 bits per heavy atom. The van der Waals surface area contributed by atoms with E-state index in [9.17, 15) is 4.79 Å². The molecular formula is C17H18ClN5O. The van der Waals surface area contributed by atoms with Crippen molar-refractivity contribution in [3.05, 3.63) is 78.1 Å². The van der Waals surface area contributed by atoms with Gasteiger partial charge in [-0.2, -0.15) is 9.90 Å². The van der Waals surface area contributed by atoms with E-state index in [-0.39, 0.29) is 30.0 Å². The zero-order chi connectivity index (χ0) is 16.1. The van der Waals surface area contributed by atoms with Crippen LogP contribution in [0.5, 0.6) is 0 Å². The van der Waals surface area contributed by atoms with E-state index in [1.165, 1.54) is 11.0 Å². The molecule has 3 aromatic rings. The van der Waals surface area contributed by atoms with Crippen molar-refractivity contribution in [3.8, 4) is 5.69 Å². The van der Waals surface area contributed by atoms with Gasteiger partial charge in [-0.15, -0.1) is 17.5 Å². The molecule has 1 atom stereocenters. The number of aromatic nitrogens is 3. The Labute approximate surface area is 146 Å². The summed E-state index contributed by atoms with van der Waals surface area (Å²) < 4.78 is 0. The van der Waals surface area contributed by atoms with Gasteiger partial charge in [0.2, 0.25) is 0 Å². The number of para-hydroxylation sites is 1. The van der Waals surface area contributed by atoms with Crippen LogP contribution in [0.25, 0.3) is 5.69 Å². The van der Waals surface area contributed by atoms with Crippen LogP contribution in [-0.4, -0.2) is 27.4 Å². The maximum Gasteiger partial charge on any atom is 0.273 e. The highest BCUT2D eigenvalue weighted by molar-refractivity contribution is 5.91. The van der Waals surface area contributed by atoms with Crippen molar-refractivity contribution in [3.63, 3.8) is 0 Å². The summed E-state index contributed by atoms with van der Waals surface area (Å²) in [6, 6.07) is 18.8. The smallest absolute Gasteiger partial charge is 0.273 e. The Morgan fingerprint density at radius 3 is 2.38 bits per heavy atom. The number of benzene rings is 2. The van der Waals surface area contributed by atoms with Crippen LogP contribution in [0.3, 0.4) is 0 Å². The molecular weight excluding hydrogens is 326 g/mol. The molecule has 0 bridgehead atoms. The standard InChI is InChI=1S/C17H17N5O.ClH/c18-15(13-7-3-1-4-8-13)11-19-17(23)16-12-20-22(21-16)14-9-5-2-6-10-14;/h1-10,12,15H,11,18H2,(H,19,23);1H. The van der Waals surface area contributed by atoms with Gasteiger partial charge in [0.1, 0.15) is 0 Å². The number of nitrogens with one attached hydrogen (secondary N) is 1. The average molecular weight is 344 g/mol. The summed E-state index contributed by atoms with van der Waals surface area (Å²) in [6.07, 6.45) is 1.44. The largest absolute Gasteiger partial charge is 0.349 e. The number of carbonyl (C=O) groups excluding carboxylic acids is 1. The van der Waals surface area contributed by atoms with Crippen molar-refractivity contribution in [1.82, 2.24) is 20.3 Å². The van der Waals surface area contributed by atoms with Gasteiger partial charge in [0.15, 0.2) is 5.69 Å². The molecule has 0 spiro atoms. The molecule has 7 heteroatoms. The van der Waals surface area contributed by atoms with Gasteiger partial charge in [0, 0.05) is 12.6 Å². The molecule has 1 aromatic heterocycles. The summed E-state index contributed by atoms with van der Waals surface area (Å²) >= 11 is 0. The van der Waals surface area contributed by atoms with Crippen LogP contribution in [0.15, 0.2) is 66.9 Å². The van der Waals surface area contributed by atoms with Crippen LogP contribution in [0, 0.1) is 0 Å². The molecule has 0 aliphatic carbocycles. The molecule has 1 unspecified atom stereocenters. The maximum atomic E-state index is 12.1. The fraction of sp³-hybridized carbons (Fsp3) is 0.118. The topological polar surface area (TPSA) is 85.8 Å². The van der Waals surface area contributed by atoms with Crippen molar-refractivity contribution in [2.24, 2.45) is 5.73 Å². The molecule has 1 heterocycles. The molecule has 1 amide bonds. The SMILES string of the molecule is Cl.NC(CNC(=O)c1cnn(-c2ccccc2)n1)c1ccccc1. The van der Waals surface area contributed by atoms with Crippen molar-refractivity contribution >= 4 is 18.3 Å². The quantitative estimate of drug-likeness (QED) is 0.743. The minimum atomic E-state index is -0.293. The predicted molar refractivity (Wildman–Crippen MR) is 94.3 cm³/mol. The Hall–Kier alpha value is -2.70. The summed E-state index contributed by atoms with van der Waals surface area (Å²) in [5, 5.41) is 11.1. The number of amides is 1. The highest BCUT2D eigenvalue weighted by Crippen LogP contribution is 2.08. The zero-order valence-corrected chi connectivity index (χ0v) is 13.7. The first kappa shape index (κ1) is 17.7. The molecule has 124 valence electrons. The summed E-state index contributed by atoms with van der Waals surface area (Å²) in [5.41, 5.74) is 8.09. The first-order chi connectivity index (χ1) is 11.2. The van der Waals surface area contributed by atoms with Crippen LogP contribution in [0.1, 0.15) is 22.1 Å². The molecule has 0 radical (unpaired) electrons. The van der Waals surface area contributed by atoms with E-state index < -0.39 is 0 Å². The monoisotopic (exact) mass is 343 g/mol. The molecule has 0 aliphatic heterocycles. The second kappa shape index (κ2) is 8.24. The van der Waals surface area contributed by atoms with E-state index in [2.05, 4.69) is 15.5 Å². The van der Waals surface area contributed by atoms with Crippen LogP contribution >= 0.6 is 12.4 Å². The lowest BCUT2D eigenvalue weighted by Crippen LogP contribution is -2.32. The highest BCUT2D eigenvalue weighted by Gasteiger charge is 2.13. The molecule has 0 aliphatic rings. The Balaban J connectivity index is 0.00000208. The maximum absolute atomic E-state index is 12.1. The van der Waals surface area contributed by atoms with Crippen molar-refractivity contribution < 1.29 is 4.79 Å². The Kier molecular flexibility index (Phi) is 6.06. The van der Waals surface area contributed by atoms with E-state index in [1.807, 2.05) is 60.7 Å². The lowest BCUT2D eigenvalue weighted by Gasteiger charge is -2.12. The van der Waals surface area contributed by atoms with Crippen LogP contribution in [0.2, 0.25) is 0 Å². The number of halogens is 1. The van der Waals surface area contributed by atoms with Gasteiger partial charge in [-0.25, -0.2) is 0 Å². The molecule has 24 heavy (non-hydrogen) atoms. The van der Waals surface area contributed by atoms with Gasteiger partial charge in [-0.1, -0.05) is 48.5 Å². The highest BCUT2D eigenvalue weighted by atomic mass is 35.5. The summed E-state index contributed by atoms with van der Waals surface area (Å²) in [7, 11) is 0. The number of nitrogens with two attached hydrogens (primary N) is 1. The lowest BCUT2D eigenvalue weighted by atomic mass is 10.1. The number of rotatable bonds is 5. The second-order valence-corrected chi connectivity index (χ2v) is 5.08. The van der Waals surface area contributed by atoms with Crippen molar-refractivity contribution in [2.75, 3.05) is 6.54 Å². The van der Waals surface area contributed by atoms with E-state index in [0.29, 0.717) is 6.54 Å². The number of hydrogen-bond donors (Lipinski definition) is 2. The first-order valence-corrected chi connectivity index (χ1v) is 7.30. The minimum absolute atomic E-state index is 0. The molecule has 6 nitrogen and oxygen atoms in total. The third-order valence-corrected chi connectivity index (χ3v) is 3.42. The zero-order valence-electron chi connectivity index (χ0n) is 12.9. The van der Waals surface area contributed by atoms with Crippen LogP contribution in [0.4, 0.5) is 0 Å². The van der Waals surface area contributed by atoms with Gasteiger partial charge in [-0.3, -0.25) is 4.79 Å². The fourth-order valence-electron chi connectivity index (χ4n) is 2.16. The Bertz CT molecular complexity index is 776. The molecule has 2 aromatic carbocycles. The number of nitrogens with zero attached hydrogens (tertiary/aromatic N) is 3. The molecule has 0 fully saturated rings. The molecule has 0 saturated carbocycles. The van der Waals surface area contributed by atoms with E-state index in [0.717, 1.165) is 11.3 Å². The first-order valence-electron chi connectivity index (χ1n) is 7.30. The second-order valence-electron chi connectivity index (χ2n) is 5.08. The van der Waals surface area contributed by atoms with Crippen LogP contribution in [-0.2, 0) is 0 Å². The van der Waals surface area contributed by atoms with Gasteiger partial charge in [0.05, 0.1) is 11.9 Å². The molecule has 0 saturated heterocycles. The number of hydrogen-bond acceptors (Lipinski definition) is 4. The van der Waals surface area contributed by atoms with Gasteiger partial charge in [-0.05, 0) is 17.7 Å². The fourth-order valence-corrected chi connectivity index (χ4v) is 2.16. The van der Waals surface area contributed by atoms with Crippen molar-refractivity contribution in [2.45, 2.75) is 6.04 Å². The van der Waals surface area contributed by atoms with Gasteiger partial charge in [0.25, 0.3) is 5.91 Å². The van der Waals surface area contributed by atoms with E-state index in [4.69, 9.17) is 5.73 Å². The number of carbonyl (C=O) groups is 1. The molecule has 3 rings (SSSR count). The summed E-state index contributed by atoms with van der Waals surface area (Å²) in [6.45, 7) is 0.334. The normalized spacial score (nSPS) is 11.4. The Morgan fingerprint density at radius 1 is 1.08 bits per heavy atom. The van der Waals surface area contributed by atoms with E-state index in [1.54, 1.807) is 0 Å². The third kappa shape index (κ3) is 4.18. The predicted octanol–water partition coefficient (Wildman–Crippen LogP) is 2.12. The van der Waals surface area contributed by atoms with E-state index >= 15 is 0 Å². The minimum Gasteiger partial charge on any atom is -0.349 e. The molecule has 3 N–H and O–H groups in total. The van der Waals surface area contributed by atoms with Crippen molar-refractivity contribution in [1.29, 1.82) is 0 Å². The summed E-state index contributed by atoms with van der Waals surface area (Å²) in [5.74, 6) is -0.293. The lowest BCUT2D eigenvalue weighted by molar-refractivity contribution is 0.0946. The average Bonchev–Trinajstić information content (AvgIpc) is 3.11. The van der Waals surface area contributed by atoms with Crippen LogP contribution < -0.4 is 11.1 Å². The van der Waals surface area contributed by atoms with Gasteiger partial charge >= 0.3 is 0 Å².